The van der Waals surface area contributed by atoms with Gasteiger partial charge in [0, 0.05) is 17.6 Å². The van der Waals surface area contributed by atoms with E-state index in [1.807, 2.05) is 31.2 Å². The minimum atomic E-state index is -4.12. The number of halogens is 1. The first-order chi connectivity index (χ1) is 19.1. The van der Waals surface area contributed by atoms with Crippen LogP contribution in [0.3, 0.4) is 0 Å². The Morgan fingerprint density at radius 3 is 2.25 bits per heavy atom. The van der Waals surface area contributed by atoms with Crippen molar-refractivity contribution >= 4 is 39.1 Å². The molecule has 0 radical (unpaired) electrons. The maximum absolute atomic E-state index is 14.1. The lowest BCUT2D eigenvalue weighted by atomic mass is 10.1. The second-order valence-corrected chi connectivity index (χ2v) is 12.7. The van der Waals surface area contributed by atoms with Crippen molar-refractivity contribution in [2.24, 2.45) is 0 Å². The van der Waals surface area contributed by atoms with Gasteiger partial charge in [-0.3, -0.25) is 13.9 Å². The highest BCUT2D eigenvalue weighted by Crippen LogP contribution is 2.29. The van der Waals surface area contributed by atoms with Gasteiger partial charge in [-0.2, -0.15) is 0 Å². The largest absolute Gasteiger partial charge is 0.352 e. The monoisotopic (exact) mass is 581 g/mol. The van der Waals surface area contributed by atoms with E-state index in [0.717, 1.165) is 41.1 Å². The van der Waals surface area contributed by atoms with Gasteiger partial charge in [0.1, 0.15) is 12.6 Å². The number of hydrogen-bond acceptors (Lipinski definition) is 4. The molecule has 1 N–H and O–H groups in total. The van der Waals surface area contributed by atoms with Crippen LogP contribution in [0.1, 0.15) is 49.3 Å². The fraction of sp³-hybridized carbons (Fsp3) is 0.355. The molecule has 1 aliphatic carbocycles. The topological polar surface area (TPSA) is 86.8 Å². The maximum Gasteiger partial charge on any atom is 0.264 e. The van der Waals surface area contributed by atoms with E-state index < -0.39 is 28.5 Å². The standard InChI is InChI=1S/C31H36ClN3O4S/c1-22-11-7-8-12-25(22)20-34(24(3)31(37)33-27-13-9-10-14-27)30(36)21-35(29-18-17-26(32)19-23(29)2)40(38,39)28-15-5-4-6-16-28/h4-8,11-12,15-19,24,27H,9-10,13-14,20-21H2,1-3H3,(H,33,37). The minimum absolute atomic E-state index is 0.0645. The zero-order valence-corrected chi connectivity index (χ0v) is 24.7. The number of hydrogen-bond donors (Lipinski definition) is 1. The van der Waals surface area contributed by atoms with Crippen LogP contribution in [0, 0.1) is 13.8 Å². The molecule has 0 spiro atoms. The Bertz CT molecular complexity index is 1460. The van der Waals surface area contributed by atoms with Gasteiger partial charge in [0.25, 0.3) is 10.0 Å². The third kappa shape index (κ3) is 6.85. The molecule has 0 bridgehead atoms. The molecule has 1 saturated carbocycles. The Balaban J connectivity index is 1.71. The van der Waals surface area contributed by atoms with Crippen LogP contribution >= 0.6 is 11.6 Å². The molecule has 4 rings (SSSR count). The lowest BCUT2D eigenvalue weighted by molar-refractivity contribution is -0.139. The fourth-order valence-electron chi connectivity index (χ4n) is 5.08. The average molecular weight is 582 g/mol. The van der Waals surface area contributed by atoms with Crippen LogP contribution in [0.4, 0.5) is 5.69 Å². The van der Waals surface area contributed by atoms with Crippen molar-refractivity contribution in [3.63, 3.8) is 0 Å². The summed E-state index contributed by atoms with van der Waals surface area (Å²) in [6.07, 6.45) is 3.97. The summed E-state index contributed by atoms with van der Waals surface area (Å²) in [5.41, 5.74) is 2.82. The average Bonchev–Trinajstić information content (AvgIpc) is 3.44. The second-order valence-electron chi connectivity index (χ2n) is 10.4. The van der Waals surface area contributed by atoms with Gasteiger partial charge in [0.15, 0.2) is 0 Å². The van der Waals surface area contributed by atoms with Crippen LogP contribution < -0.4 is 9.62 Å². The lowest BCUT2D eigenvalue weighted by Gasteiger charge is -2.33. The van der Waals surface area contributed by atoms with Crippen molar-refractivity contribution in [1.82, 2.24) is 10.2 Å². The molecule has 3 aromatic rings. The van der Waals surface area contributed by atoms with Gasteiger partial charge in [-0.1, -0.05) is 66.9 Å². The van der Waals surface area contributed by atoms with Gasteiger partial charge in [0.05, 0.1) is 10.6 Å². The van der Waals surface area contributed by atoms with Crippen LogP contribution in [-0.4, -0.2) is 43.8 Å². The number of amides is 2. The summed E-state index contributed by atoms with van der Waals surface area (Å²) < 4.78 is 28.9. The van der Waals surface area contributed by atoms with E-state index in [1.165, 1.54) is 17.0 Å². The third-order valence-electron chi connectivity index (χ3n) is 7.51. The Labute approximate surface area is 242 Å². The highest BCUT2D eigenvalue weighted by molar-refractivity contribution is 7.92. The molecule has 7 nitrogen and oxygen atoms in total. The SMILES string of the molecule is Cc1ccccc1CN(C(=O)CN(c1ccc(Cl)cc1C)S(=O)(=O)c1ccccc1)C(C)C(=O)NC1CCCC1. The van der Waals surface area contributed by atoms with E-state index in [4.69, 9.17) is 11.6 Å². The summed E-state index contributed by atoms with van der Waals surface area (Å²) in [5, 5.41) is 3.55. The highest BCUT2D eigenvalue weighted by Gasteiger charge is 2.34. The van der Waals surface area contributed by atoms with Crippen LogP contribution in [0.15, 0.2) is 77.7 Å². The molecule has 1 aliphatic rings. The lowest BCUT2D eigenvalue weighted by Crippen LogP contribution is -2.52. The first kappa shape index (κ1) is 29.6. The molecule has 40 heavy (non-hydrogen) atoms. The van der Waals surface area contributed by atoms with Crippen LogP contribution in [-0.2, 0) is 26.2 Å². The number of carbonyl (C=O) groups is 2. The fourth-order valence-corrected chi connectivity index (χ4v) is 6.80. The number of nitrogens with zero attached hydrogens (tertiary/aromatic N) is 2. The maximum atomic E-state index is 14.1. The van der Waals surface area contributed by atoms with Gasteiger partial charge in [-0.15, -0.1) is 0 Å². The van der Waals surface area contributed by atoms with Crippen molar-refractivity contribution in [1.29, 1.82) is 0 Å². The molecule has 9 heteroatoms. The summed E-state index contributed by atoms with van der Waals surface area (Å²) in [4.78, 5) is 29.0. The molecule has 1 fully saturated rings. The van der Waals surface area contributed by atoms with Gasteiger partial charge in [-0.25, -0.2) is 8.42 Å². The van der Waals surface area contributed by atoms with E-state index in [2.05, 4.69) is 5.32 Å². The normalized spacial score (nSPS) is 14.5. The van der Waals surface area contributed by atoms with Gasteiger partial charge in [-0.05, 0) is 80.6 Å². The summed E-state index contributed by atoms with van der Waals surface area (Å²) in [6.45, 7) is 5.09. The van der Waals surface area contributed by atoms with Gasteiger partial charge < -0.3 is 10.2 Å². The number of carbonyl (C=O) groups excluding carboxylic acids is 2. The van der Waals surface area contributed by atoms with E-state index in [0.29, 0.717) is 16.3 Å². The first-order valence-corrected chi connectivity index (χ1v) is 15.4. The molecule has 1 atom stereocenters. The molecule has 1 unspecified atom stereocenters. The van der Waals surface area contributed by atoms with E-state index >= 15 is 0 Å². The molecule has 3 aromatic carbocycles. The number of aryl methyl sites for hydroxylation is 2. The minimum Gasteiger partial charge on any atom is -0.352 e. The highest BCUT2D eigenvalue weighted by atomic mass is 35.5. The Morgan fingerprint density at radius 1 is 0.950 bits per heavy atom. The van der Waals surface area contributed by atoms with Crippen LogP contribution in [0.2, 0.25) is 5.02 Å². The number of sulfonamides is 1. The van der Waals surface area contributed by atoms with Gasteiger partial charge in [0.2, 0.25) is 11.8 Å². The van der Waals surface area contributed by atoms with E-state index in [-0.39, 0.29) is 23.4 Å². The van der Waals surface area contributed by atoms with Gasteiger partial charge >= 0.3 is 0 Å². The van der Waals surface area contributed by atoms with Crippen molar-refractivity contribution < 1.29 is 18.0 Å². The van der Waals surface area contributed by atoms with E-state index in [1.54, 1.807) is 50.2 Å². The first-order valence-electron chi connectivity index (χ1n) is 13.6. The quantitative estimate of drug-likeness (QED) is 0.336. The summed E-state index contributed by atoms with van der Waals surface area (Å²) >= 11 is 6.17. The number of rotatable bonds is 10. The zero-order chi connectivity index (χ0) is 28.9. The van der Waals surface area contributed by atoms with Crippen molar-refractivity contribution in [3.8, 4) is 0 Å². The Kier molecular flexibility index (Phi) is 9.53. The van der Waals surface area contributed by atoms with E-state index in [9.17, 15) is 18.0 Å². The number of nitrogens with one attached hydrogen (secondary N) is 1. The zero-order valence-electron chi connectivity index (χ0n) is 23.1. The molecule has 0 aliphatic heterocycles. The molecular weight excluding hydrogens is 546 g/mol. The van der Waals surface area contributed by atoms with Crippen LogP contribution in [0.25, 0.3) is 0 Å². The summed E-state index contributed by atoms with van der Waals surface area (Å²) in [5.74, 6) is -0.722. The summed E-state index contributed by atoms with van der Waals surface area (Å²) in [6, 6.07) is 19.8. The predicted octanol–water partition coefficient (Wildman–Crippen LogP) is 5.63. The van der Waals surface area contributed by atoms with Crippen LogP contribution in [0.5, 0.6) is 0 Å². The number of benzene rings is 3. The molecular formula is C31H36ClN3O4S. The third-order valence-corrected chi connectivity index (χ3v) is 9.52. The second kappa shape index (κ2) is 12.9. The Morgan fingerprint density at radius 2 is 1.60 bits per heavy atom. The number of anilines is 1. The van der Waals surface area contributed by atoms with Crippen molar-refractivity contribution in [3.05, 3.63) is 94.5 Å². The molecule has 0 heterocycles. The molecule has 212 valence electrons. The molecule has 2 amide bonds. The predicted molar refractivity (Wildman–Crippen MR) is 159 cm³/mol. The van der Waals surface area contributed by atoms with Crippen molar-refractivity contribution in [2.75, 3.05) is 10.8 Å². The van der Waals surface area contributed by atoms with Crippen molar-refractivity contribution in [2.45, 2.75) is 70.0 Å². The molecule has 0 saturated heterocycles. The summed E-state index contributed by atoms with van der Waals surface area (Å²) in [7, 11) is -4.12. The smallest absolute Gasteiger partial charge is 0.264 e. The molecule has 0 aromatic heterocycles. The Hall–Kier alpha value is -3.36.